The lowest BCUT2D eigenvalue weighted by Gasteiger charge is -2.27. The van der Waals surface area contributed by atoms with E-state index in [0.717, 1.165) is 27.6 Å². The number of carbonyl (C=O) groups excluding carboxylic acids is 2. The lowest BCUT2D eigenvalue weighted by Crippen LogP contribution is -2.42. The number of carbonyl (C=O) groups is 2. The van der Waals surface area contributed by atoms with E-state index in [1.165, 1.54) is 0 Å². The molecule has 3 amide bonds. The largest absolute Gasteiger partial charge is 0.378 e. The zero-order chi connectivity index (χ0) is 22.5. The Hall–Kier alpha value is -3.65. The summed E-state index contributed by atoms with van der Waals surface area (Å²) in [6, 6.07) is 13.1. The number of para-hydroxylation sites is 1. The summed E-state index contributed by atoms with van der Waals surface area (Å²) in [5.41, 5.74) is 7.24. The molecule has 4 rings (SSSR count). The molecule has 1 aromatic heterocycles. The van der Waals surface area contributed by atoms with E-state index in [1.54, 1.807) is 6.21 Å². The molecule has 2 N–H and O–H groups in total. The number of ether oxygens (including phenoxy) is 1. The minimum absolute atomic E-state index is 0.0587. The van der Waals surface area contributed by atoms with Gasteiger partial charge in [-0.15, -0.1) is 0 Å². The van der Waals surface area contributed by atoms with Crippen molar-refractivity contribution in [3.8, 4) is 0 Å². The topological polar surface area (TPSA) is 88.0 Å². The number of rotatable bonds is 5. The van der Waals surface area contributed by atoms with E-state index in [-0.39, 0.29) is 12.5 Å². The third-order valence-corrected chi connectivity index (χ3v) is 5.62. The number of aryl methyl sites for hydroxylation is 2. The smallest absolute Gasteiger partial charge is 0.339 e. The Kier molecular flexibility index (Phi) is 6.51. The molecule has 2 aromatic carbocycles. The highest BCUT2D eigenvalue weighted by molar-refractivity contribution is 6.00. The summed E-state index contributed by atoms with van der Waals surface area (Å²) in [5.74, 6) is 0.0587. The number of morpholine rings is 1. The quantitative estimate of drug-likeness (QED) is 0.478. The number of hydrogen-bond acceptors (Lipinski definition) is 4. The Labute approximate surface area is 186 Å². The van der Waals surface area contributed by atoms with Crippen LogP contribution >= 0.6 is 0 Å². The number of urea groups is 1. The van der Waals surface area contributed by atoms with Crippen LogP contribution in [0.4, 0.5) is 10.5 Å². The molecular weight excluding hydrogens is 406 g/mol. The molecule has 1 fully saturated rings. The van der Waals surface area contributed by atoms with Crippen LogP contribution in [-0.2, 0) is 16.1 Å². The van der Waals surface area contributed by atoms with E-state index in [2.05, 4.69) is 15.8 Å². The third kappa shape index (κ3) is 4.97. The second-order valence-corrected chi connectivity index (χ2v) is 7.85. The van der Waals surface area contributed by atoms with E-state index >= 15 is 0 Å². The number of fused-ring (bicyclic) bond motifs is 1. The first-order chi connectivity index (χ1) is 15.5. The fourth-order valence-electron chi connectivity index (χ4n) is 3.71. The van der Waals surface area contributed by atoms with Gasteiger partial charge in [0.1, 0.15) is 6.54 Å². The van der Waals surface area contributed by atoms with E-state index in [9.17, 15) is 9.59 Å². The van der Waals surface area contributed by atoms with Gasteiger partial charge < -0.3 is 19.5 Å². The number of hydrogen-bond donors (Lipinski definition) is 2. The van der Waals surface area contributed by atoms with Crippen LogP contribution in [0.15, 0.2) is 53.8 Å². The Morgan fingerprint density at radius 3 is 2.66 bits per heavy atom. The number of anilines is 1. The molecular formula is C24H27N5O3. The van der Waals surface area contributed by atoms with Gasteiger partial charge in [0.2, 0.25) is 5.91 Å². The van der Waals surface area contributed by atoms with Crippen molar-refractivity contribution in [1.82, 2.24) is 14.9 Å². The molecule has 0 spiro atoms. The zero-order valence-electron chi connectivity index (χ0n) is 18.3. The molecule has 8 heteroatoms. The summed E-state index contributed by atoms with van der Waals surface area (Å²) in [7, 11) is 0. The van der Waals surface area contributed by atoms with Crippen molar-refractivity contribution in [3.05, 3.63) is 65.4 Å². The Bertz CT molecular complexity index is 1160. The Balaban J connectivity index is 1.44. The molecule has 166 valence electrons. The van der Waals surface area contributed by atoms with Crippen molar-refractivity contribution in [2.24, 2.45) is 5.10 Å². The minimum atomic E-state index is -0.421. The number of aromatic nitrogens is 1. The van der Waals surface area contributed by atoms with Gasteiger partial charge in [0.25, 0.3) is 0 Å². The normalized spacial score (nSPS) is 14.1. The molecule has 0 atom stereocenters. The SMILES string of the molecule is Cc1ccc(NC(=O)N/N=C\c2cn(CC(=O)N3CCOCC3)c3ccccc23)cc1C. The maximum Gasteiger partial charge on any atom is 0.339 e. The van der Waals surface area contributed by atoms with Crippen LogP contribution in [0.25, 0.3) is 10.9 Å². The maximum atomic E-state index is 12.7. The van der Waals surface area contributed by atoms with Gasteiger partial charge in [-0.3, -0.25) is 4.79 Å². The van der Waals surface area contributed by atoms with Crippen molar-refractivity contribution < 1.29 is 14.3 Å². The van der Waals surface area contributed by atoms with Crippen LogP contribution in [0.2, 0.25) is 0 Å². The van der Waals surface area contributed by atoms with Crippen molar-refractivity contribution in [2.45, 2.75) is 20.4 Å². The maximum absolute atomic E-state index is 12.7. The van der Waals surface area contributed by atoms with Crippen LogP contribution in [0.1, 0.15) is 16.7 Å². The van der Waals surface area contributed by atoms with Crippen molar-refractivity contribution >= 4 is 34.7 Å². The van der Waals surface area contributed by atoms with Gasteiger partial charge in [-0.1, -0.05) is 24.3 Å². The summed E-state index contributed by atoms with van der Waals surface area (Å²) < 4.78 is 7.25. The molecule has 1 saturated heterocycles. The van der Waals surface area contributed by atoms with Gasteiger partial charge in [-0.2, -0.15) is 5.10 Å². The number of nitrogens with zero attached hydrogens (tertiary/aromatic N) is 3. The monoisotopic (exact) mass is 433 g/mol. The molecule has 2 heterocycles. The molecule has 1 aliphatic heterocycles. The van der Waals surface area contributed by atoms with Gasteiger partial charge >= 0.3 is 6.03 Å². The highest BCUT2D eigenvalue weighted by atomic mass is 16.5. The zero-order valence-corrected chi connectivity index (χ0v) is 18.3. The van der Waals surface area contributed by atoms with Crippen LogP contribution < -0.4 is 10.7 Å². The van der Waals surface area contributed by atoms with Gasteiger partial charge in [0, 0.05) is 41.4 Å². The molecule has 0 aliphatic carbocycles. The average molecular weight is 434 g/mol. The fourth-order valence-corrected chi connectivity index (χ4v) is 3.71. The molecule has 8 nitrogen and oxygen atoms in total. The molecule has 0 unspecified atom stereocenters. The molecule has 3 aromatic rings. The van der Waals surface area contributed by atoms with E-state index in [0.29, 0.717) is 32.0 Å². The highest BCUT2D eigenvalue weighted by Gasteiger charge is 2.18. The van der Waals surface area contributed by atoms with Gasteiger partial charge in [0.05, 0.1) is 19.4 Å². The van der Waals surface area contributed by atoms with E-state index < -0.39 is 6.03 Å². The first-order valence-electron chi connectivity index (χ1n) is 10.6. The predicted octanol–water partition coefficient (Wildman–Crippen LogP) is 3.27. The van der Waals surface area contributed by atoms with Gasteiger partial charge in [0.15, 0.2) is 0 Å². The molecule has 0 saturated carbocycles. The summed E-state index contributed by atoms with van der Waals surface area (Å²) >= 11 is 0. The summed E-state index contributed by atoms with van der Waals surface area (Å²) in [5, 5.41) is 7.83. The minimum Gasteiger partial charge on any atom is -0.378 e. The second kappa shape index (κ2) is 9.65. The van der Waals surface area contributed by atoms with Crippen molar-refractivity contribution in [1.29, 1.82) is 0 Å². The standard InChI is InChI=1S/C24H27N5O3/c1-17-7-8-20(13-18(17)2)26-24(31)27-25-14-19-15-29(22-6-4-3-5-21(19)22)16-23(30)28-9-11-32-12-10-28/h3-8,13-15H,9-12,16H2,1-2H3,(H2,26,27,31)/b25-14-. The summed E-state index contributed by atoms with van der Waals surface area (Å²) in [6.07, 6.45) is 3.48. The number of amides is 3. The lowest BCUT2D eigenvalue weighted by molar-refractivity contribution is -0.135. The molecule has 32 heavy (non-hydrogen) atoms. The van der Waals surface area contributed by atoms with Crippen molar-refractivity contribution in [3.63, 3.8) is 0 Å². The molecule has 0 radical (unpaired) electrons. The molecule has 0 bridgehead atoms. The Morgan fingerprint density at radius 1 is 1.09 bits per heavy atom. The number of hydrazone groups is 1. The second-order valence-electron chi connectivity index (χ2n) is 7.85. The van der Waals surface area contributed by atoms with E-state index in [1.807, 2.05) is 72.0 Å². The highest BCUT2D eigenvalue weighted by Crippen LogP contribution is 2.20. The molecule has 1 aliphatic rings. The number of benzene rings is 2. The first-order valence-corrected chi connectivity index (χ1v) is 10.6. The van der Waals surface area contributed by atoms with Crippen LogP contribution in [0, 0.1) is 13.8 Å². The van der Waals surface area contributed by atoms with Crippen molar-refractivity contribution in [2.75, 3.05) is 31.6 Å². The fraction of sp³-hybridized carbons (Fsp3) is 0.292. The third-order valence-electron chi connectivity index (χ3n) is 5.62. The first kappa shape index (κ1) is 21.6. The summed E-state index contributed by atoms with van der Waals surface area (Å²) in [4.78, 5) is 26.7. The van der Waals surface area contributed by atoms with Crippen LogP contribution in [0.5, 0.6) is 0 Å². The summed E-state index contributed by atoms with van der Waals surface area (Å²) in [6.45, 7) is 6.65. The van der Waals surface area contributed by atoms with Gasteiger partial charge in [-0.25, -0.2) is 10.2 Å². The Morgan fingerprint density at radius 2 is 1.88 bits per heavy atom. The average Bonchev–Trinajstić information content (AvgIpc) is 3.14. The van der Waals surface area contributed by atoms with Gasteiger partial charge in [-0.05, 0) is 43.2 Å². The lowest BCUT2D eigenvalue weighted by atomic mass is 10.1. The van der Waals surface area contributed by atoms with E-state index in [4.69, 9.17) is 4.74 Å². The van der Waals surface area contributed by atoms with Crippen LogP contribution in [0.3, 0.4) is 0 Å². The predicted molar refractivity (Wildman–Crippen MR) is 125 cm³/mol. The van der Waals surface area contributed by atoms with Crippen LogP contribution in [-0.4, -0.2) is 53.9 Å². The number of nitrogens with one attached hydrogen (secondary N) is 2.